The van der Waals surface area contributed by atoms with Gasteiger partial charge in [-0.1, -0.05) is 37.6 Å². The van der Waals surface area contributed by atoms with Gasteiger partial charge in [-0.15, -0.1) is 0 Å². The highest BCUT2D eigenvalue weighted by molar-refractivity contribution is 5.87. The number of hydrogen-bond donors (Lipinski definition) is 0. The van der Waals surface area contributed by atoms with Gasteiger partial charge in [-0.2, -0.15) is 0 Å². The van der Waals surface area contributed by atoms with E-state index in [0.29, 0.717) is 18.9 Å². The van der Waals surface area contributed by atoms with Gasteiger partial charge in [-0.05, 0) is 82.6 Å². The average Bonchev–Trinajstić information content (AvgIpc) is 3.78. The summed E-state index contributed by atoms with van der Waals surface area (Å²) in [5.41, 5.74) is 1.63. The smallest absolute Gasteiger partial charge is 0.331 e. The van der Waals surface area contributed by atoms with Crippen LogP contribution in [-0.2, 0) is 23.7 Å². The van der Waals surface area contributed by atoms with Gasteiger partial charge in [0.15, 0.2) is 0 Å². The van der Waals surface area contributed by atoms with Gasteiger partial charge >= 0.3 is 5.97 Å². The van der Waals surface area contributed by atoms with Crippen molar-refractivity contribution >= 4 is 12.0 Å². The van der Waals surface area contributed by atoms with Crippen molar-refractivity contribution in [1.29, 1.82) is 0 Å². The maximum atomic E-state index is 12.8. The predicted molar refractivity (Wildman–Crippen MR) is 144 cm³/mol. The van der Waals surface area contributed by atoms with Gasteiger partial charge in [0.1, 0.15) is 29.2 Å². The van der Waals surface area contributed by atoms with E-state index in [9.17, 15) is 4.79 Å². The summed E-state index contributed by atoms with van der Waals surface area (Å²) < 4.78 is 29.9. The van der Waals surface area contributed by atoms with Crippen molar-refractivity contribution in [1.82, 2.24) is 0 Å². The second kappa shape index (κ2) is 11.7. The average molecular weight is 513 g/mol. The summed E-state index contributed by atoms with van der Waals surface area (Å²) in [4.78, 5) is 12.8. The lowest BCUT2D eigenvalue weighted by atomic mass is 9.68. The van der Waals surface area contributed by atoms with Crippen molar-refractivity contribution in [2.75, 3.05) is 20.3 Å². The Balaban J connectivity index is 1.33. The predicted octanol–water partition coefficient (Wildman–Crippen LogP) is 6.13. The maximum absolute atomic E-state index is 12.8. The van der Waals surface area contributed by atoms with Crippen LogP contribution in [0, 0.1) is 11.8 Å². The minimum Gasteiger partial charge on any atom is -0.494 e. The SMILES string of the molecule is CO[C@H]1[C@H](C2(C)O[C@H]2CC=C(C)C)[C@]2(CC[C@H]1OC(=O)/C=C/c1ccc(OCCCC(C)C)cc1)CO2. The summed E-state index contributed by atoms with van der Waals surface area (Å²) in [6, 6.07) is 7.76. The first kappa shape index (κ1) is 27.9. The highest BCUT2D eigenvalue weighted by atomic mass is 16.6. The molecule has 2 saturated heterocycles. The molecule has 204 valence electrons. The van der Waals surface area contributed by atoms with Gasteiger partial charge in [-0.25, -0.2) is 4.79 Å². The summed E-state index contributed by atoms with van der Waals surface area (Å²) in [5, 5.41) is 0. The molecule has 1 aromatic rings. The maximum Gasteiger partial charge on any atom is 0.331 e. The standard InChI is InChI=1S/C31H44O6/c1-21(2)8-7-19-34-24-13-10-23(11-14-24)12-16-27(32)36-25-17-18-31(20-35-31)29(28(25)33-6)30(5)26(37-30)15-9-22(3)4/h9-14,16,21,25-26,28-29H,7-8,15,17-20H2,1-6H3/b16-12+/t25-,26+,28-,29-,30?,31+/m1/s1. The fourth-order valence-corrected chi connectivity index (χ4v) is 5.78. The van der Waals surface area contributed by atoms with Gasteiger partial charge in [-0.3, -0.25) is 0 Å². The molecule has 3 fully saturated rings. The van der Waals surface area contributed by atoms with Crippen LogP contribution in [0.5, 0.6) is 5.75 Å². The normalized spacial score (nSPS) is 32.5. The molecule has 0 amide bonds. The molecule has 37 heavy (non-hydrogen) atoms. The number of carbonyl (C=O) groups is 1. The molecule has 0 N–H and O–H groups in total. The largest absolute Gasteiger partial charge is 0.494 e. The van der Waals surface area contributed by atoms with Gasteiger partial charge in [0.25, 0.3) is 0 Å². The first-order valence-corrected chi connectivity index (χ1v) is 13.8. The fraction of sp³-hybridized carbons (Fsp3) is 0.645. The third-order valence-corrected chi connectivity index (χ3v) is 7.99. The lowest BCUT2D eigenvalue weighted by molar-refractivity contribution is -0.166. The zero-order chi connectivity index (χ0) is 26.6. The van der Waals surface area contributed by atoms with Gasteiger partial charge < -0.3 is 23.7 Å². The molecule has 1 aliphatic carbocycles. The molecule has 6 nitrogen and oxygen atoms in total. The van der Waals surface area contributed by atoms with Crippen molar-refractivity contribution in [3.8, 4) is 5.75 Å². The Morgan fingerprint density at radius 2 is 1.95 bits per heavy atom. The number of esters is 1. The second-order valence-electron chi connectivity index (χ2n) is 11.6. The molecule has 0 bridgehead atoms. The van der Waals surface area contributed by atoms with E-state index in [2.05, 4.69) is 40.7 Å². The number of methoxy groups -OCH3 is 1. The van der Waals surface area contributed by atoms with Crippen LogP contribution in [0.15, 0.2) is 42.0 Å². The van der Waals surface area contributed by atoms with Crippen LogP contribution in [0.4, 0.5) is 0 Å². The van der Waals surface area contributed by atoms with Gasteiger partial charge in [0.05, 0.1) is 25.2 Å². The van der Waals surface area contributed by atoms with E-state index in [1.54, 1.807) is 13.2 Å². The number of ether oxygens (including phenoxy) is 5. The number of rotatable bonds is 12. The first-order valence-electron chi connectivity index (χ1n) is 13.8. The van der Waals surface area contributed by atoms with E-state index in [1.807, 2.05) is 24.3 Å². The van der Waals surface area contributed by atoms with Crippen molar-refractivity contribution in [2.24, 2.45) is 11.8 Å². The summed E-state index contributed by atoms with van der Waals surface area (Å²) in [7, 11) is 1.69. The van der Waals surface area contributed by atoms with Crippen LogP contribution in [0.1, 0.15) is 72.3 Å². The minimum absolute atomic E-state index is 0.0178. The van der Waals surface area contributed by atoms with Crippen LogP contribution < -0.4 is 4.74 Å². The van der Waals surface area contributed by atoms with Crippen molar-refractivity contribution < 1.29 is 28.5 Å². The van der Waals surface area contributed by atoms with E-state index in [-0.39, 0.29) is 41.4 Å². The molecule has 0 radical (unpaired) electrons. The number of benzene rings is 1. The Morgan fingerprint density at radius 1 is 1.22 bits per heavy atom. The summed E-state index contributed by atoms with van der Waals surface area (Å²) in [6.45, 7) is 12.2. The quantitative estimate of drug-likeness (QED) is 0.110. The molecule has 2 heterocycles. The van der Waals surface area contributed by atoms with Crippen LogP contribution in [0.25, 0.3) is 6.08 Å². The molecular formula is C31H44O6. The molecular weight excluding hydrogens is 468 g/mol. The Kier molecular flexibility index (Phi) is 8.82. The number of carbonyl (C=O) groups excluding carboxylic acids is 1. The van der Waals surface area contributed by atoms with Crippen molar-refractivity contribution in [3.05, 3.63) is 47.6 Å². The van der Waals surface area contributed by atoms with E-state index in [0.717, 1.165) is 43.6 Å². The molecule has 1 spiro atoms. The minimum atomic E-state index is -0.365. The third kappa shape index (κ3) is 6.84. The van der Waals surface area contributed by atoms with Crippen LogP contribution in [0.2, 0.25) is 0 Å². The van der Waals surface area contributed by atoms with E-state index >= 15 is 0 Å². The van der Waals surface area contributed by atoms with Crippen LogP contribution in [-0.4, -0.2) is 55.8 Å². The molecule has 4 rings (SSSR count). The third-order valence-electron chi connectivity index (χ3n) is 7.99. The highest BCUT2D eigenvalue weighted by Gasteiger charge is 2.72. The second-order valence-corrected chi connectivity index (χ2v) is 11.6. The fourth-order valence-electron chi connectivity index (χ4n) is 5.78. The summed E-state index contributed by atoms with van der Waals surface area (Å²) in [5.74, 6) is 1.18. The molecule has 1 aromatic carbocycles. The number of allylic oxidation sites excluding steroid dienone is 1. The summed E-state index contributed by atoms with van der Waals surface area (Å²) in [6.07, 6.45) is 9.63. The lowest BCUT2D eigenvalue weighted by Gasteiger charge is -2.42. The van der Waals surface area contributed by atoms with E-state index in [1.165, 1.54) is 11.6 Å². The van der Waals surface area contributed by atoms with Crippen molar-refractivity contribution in [2.45, 2.75) is 96.2 Å². The van der Waals surface area contributed by atoms with Gasteiger partial charge in [0, 0.05) is 13.2 Å². The number of epoxide rings is 2. The van der Waals surface area contributed by atoms with Gasteiger partial charge in [0.2, 0.25) is 0 Å². The Morgan fingerprint density at radius 3 is 2.57 bits per heavy atom. The highest BCUT2D eigenvalue weighted by Crippen LogP contribution is 2.59. The Bertz CT molecular complexity index is 972. The zero-order valence-corrected chi connectivity index (χ0v) is 23.3. The monoisotopic (exact) mass is 512 g/mol. The molecule has 0 aromatic heterocycles. The first-order chi connectivity index (χ1) is 17.7. The summed E-state index contributed by atoms with van der Waals surface area (Å²) >= 11 is 0. The molecule has 1 saturated carbocycles. The van der Waals surface area contributed by atoms with Crippen LogP contribution in [0.3, 0.4) is 0 Å². The molecule has 6 atom stereocenters. The molecule has 6 heteroatoms. The van der Waals surface area contributed by atoms with Crippen molar-refractivity contribution in [3.63, 3.8) is 0 Å². The molecule has 2 aliphatic heterocycles. The lowest BCUT2D eigenvalue weighted by Crippen LogP contribution is -2.55. The molecule has 3 aliphatic rings. The van der Waals surface area contributed by atoms with Crippen LogP contribution >= 0.6 is 0 Å². The number of hydrogen-bond acceptors (Lipinski definition) is 6. The zero-order valence-electron chi connectivity index (χ0n) is 23.3. The molecule has 1 unspecified atom stereocenters. The van der Waals surface area contributed by atoms with E-state index < -0.39 is 0 Å². The Hall–Kier alpha value is -2.15. The topological polar surface area (TPSA) is 69.8 Å². The Labute approximate surface area is 222 Å². The van der Waals surface area contributed by atoms with E-state index in [4.69, 9.17) is 23.7 Å².